The van der Waals surface area contributed by atoms with Crippen LogP contribution in [0.5, 0.6) is 11.5 Å². The van der Waals surface area contributed by atoms with Gasteiger partial charge in [0.05, 0.1) is 21.3 Å². The molecule has 0 saturated carbocycles. The molecule has 0 heterocycles. The Morgan fingerprint density at radius 2 is 1.94 bits per heavy atom. The fraction of sp³-hybridized carbons (Fsp3) is 0.364. The van der Waals surface area contributed by atoms with Gasteiger partial charge in [0.1, 0.15) is 0 Å². The molecule has 0 radical (unpaired) electrons. The van der Waals surface area contributed by atoms with E-state index in [-0.39, 0.29) is 11.3 Å². The molecule has 0 amide bonds. The molecule has 0 aliphatic heterocycles. The molecule has 0 aliphatic carbocycles. The van der Waals surface area contributed by atoms with E-state index >= 15 is 0 Å². The maximum atomic E-state index is 11.3. The lowest BCUT2D eigenvalue weighted by molar-refractivity contribution is -0.150. The molecule has 1 rings (SSSR count). The Hall–Kier alpha value is -1.46. The summed E-state index contributed by atoms with van der Waals surface area (Å²) in [5.74, 6) is -0.222. The maximum Gasteiger partial charge on any atom is 0.339 e. The summed E-state index contributed by atoms with van der Waals surface area (Å²) in [4.78, 5) is 11.3. The van der Waals surface area contributed by atoms with Crippen LogP contribution in [0.15, 0.2) is 12.1 Å². The monoisotopic (exact) mass is 260 g/mol. The second-order valence-electron chi connectivity index (χ2n) is 3.16. The summed E-state index contributed by atoms with van der Waals surface area (Å²) in [7, 11) is 4.02. The molecule has 94 valence electrons. The normalized spacial score (nSPS) is 11.8. The third kappa shape index (κ3) is 2.81. The summed E-state index contributed by atoms with van der Waals surface area (Å²) < 4.78 is 14.6. The quantitative estimate of drug-likeness (QED) is 0.833. The molecule has 5 nitrogen and oxygen atoms in total. The van der Waals surface area contributed by atoms with Gasteiger partial charge in [0.2, 0.25) is 0 Å². The van der Waals surface area contributed by atoms with E-state index in [2.05, 4.69) is 4.74 Å². The van der Waals surface area contributed by atoms with Crippen molar-refractivity contribution in [2.75, 3.05) is 21.3 Å². The summed E-state index contributed by atoms with van der Waals surface area (Å²) in [5, 5.41) is 10.1. The zero-order chi connectivity index (χ0) is 13.0. The highest BCUT2D eigenvalue weighted by molar-refractivity contribution is 6.30. The van der Waals surface area contributed by atoms with Crippen LogP contribution >= 0.6 is 11.6 Å². The number of hydrogen-bond donors (Lipinski definition) is 1. The number of aliphatic hydroxyl groups excluding tert-OH is 1. The van der Waals surface area contributed by atoms with Gasteiger partial charge in [-0.3, -0.25) is 0 Å². The van der Waals surface area contributed by atoms with E-state index in [1.807, 2.05) is 0 Å². The Labute approximate surface area is 104 Å². The number of methoxy groups -OCH3 is 3. The minimum Gasteiger partial charge on any atom is -0.493 e. The highest BCUT2D eigenvalue weighted by Crippen LogP contribution is 2.37. The van der Waals surface area contributed by atoms with Crippen LogP contribution in [0, 0.1) is 0 Å². The molecule has 0 fully saturated rings. The Bertz CT molecular complexity index is 419. The van der Waals surface area contributed by atoms with Crippen molar-refractivity contribution in [1.82, 2.24) is 0 Å². The Kier molecular flexibility index (Phi) is 4.60. The van der Waals surface area contributed by atoms with Crippen LogP contribution in [0.3, 0.4) is 0 Å². The molecule has 1 aromatic rings. The van der Waals surface area contributed by atoms with Gasteiger partial charge in [-0.05, 0) is 6.07 Å². The van der Waals surface area contributed by atoms with Gasteiger partial charge in [-0.15, -0.1) is 0 Å². The van der Waals surface area contributed by atoms with Gasteiger partial charge in [-0.2, -0.15) is 0 Å². The summed E-state index contributed by atoms with van der Waals surface area (Å²) >= 11 is 5.85. The molecule has 0 aromatic heterocycles. The first kappa shape index (κ1) is 13.6. The fourth-order valence-electron chi connectivity index (χ4n) is 1.40. The van der Waals surface area contributed by atoms with Crippen LogP contribution in [0.2, 0.25) is 5.02 Å². The van der Waals surface area contributed by atoms with E-state index in [0.29, 0.717) is 10.8 Å². The average Bonchev–Trinajstić information content (AvgIpc) is 2.35. The van der Waals surface area contributed by atoms with Crippen LogP contribution in [-0.4, -0.2) is 32.4 Å². The largest absolute Gasteiger partial charge is 0.493 e. The molecule has 1 aromatic carbocycles. The first-order valence-corrected chi connectivity index (χ1v) is 5.10. The number of aliphatic hydroxyl groups is 1. The second-order valence-corrected chi connectivity index (χ2v) is 3.59. The third-order valence-electron chi connectivity index (χ3n) is 2.19. The van der Waals surface area contributed by atoms with Crippen LogP contribution < -0.4 is 9.47 Å². The minimum atomic E-state index is -1.47. The van der Waals surface area contributed by atoms with Crippen LogP contribution in [0.25, 0.3) is 0 Å². The van der Waals surface area contributed by atoms with Gasteiger partial charge in [0.15, 0.2) is 17.6 Å². The lowest BCUT2D eigenvalue weighted by Gasteiger charge is -2.16. The highest BCUT2D eigenvalue weighted by Gasteiger charge is 2.25. The van der Waals surface area contributed by atoms with Crippen molar-refractivity contribution in [2.45, 2.75) is 6.10 Å². The first-order valence-electron chi connectivity index (χ1n) is 4.72. The molecular formula is C11H13ClO5. The van der Waals surface area contributed by atoms with Crippen molar-refractivity contribution in [3.63, 3.8) is 0 Å². The molecule has 17 heavy (non-hydrogen) atoms. The molecule has 1 unspecified atom stereocenters. The number of hydrogen-bond acceptors (Lipinski definition) is 5. The van der Waals surface area contributed by atoms with Crippen molar-refractivity contribution < 1.29 is 24.1 Å². The molecule has 0 aliphatic rings. The lowest BCUT2D eigenvalue weighted by Crippen LogP contribution is -2.14. The number of esters is 1. The van der Waals surface area contributed by atoms with Crippen LogP contribution in [-0.2, 0) is 9.53 Å². The van der Waals surface area contributed by atoms with Gasteiger partial charge >= 0.3 is 5.97 Å². The predicted molar refractivity (Wildman–Crippen MR) is 61.5 cm³/mol. The number of halogens is 1. The SMILES string of the molecule is COC(=O)C(O)c1cc(Cl)cc(OC)c1OC. The van der Waals surface area contributed by atoms with Gasteiger partial charge in [-0.25, -0.2) is 4.79 Å². The maximum absolute atomic E-state index is 11.3. The Morgan fingerprint density at radius 1 is 1.29 bits per heavy atom. The fourth-order valence-corrected chi connectivity index (χ4v) is 1.62. The smallest absolute Gasteiger partial charge is 0.339 e. The van der Waals surface area contributed by atoms with E-state index in [0.717, 1.165) is 0 Å². The van der Waals surface area contributed by atoms with E-state index in [9.17, 15) is 9.90 Å². The number of benzene rings is 1. The van der Waals surface area contributed by atoms with Crippen molar-refractivity contribution in [1.29, 1.82) is 0 Å². The number of rotatable bonds is 4. The van der Waals surface area contributed by atoms with Crippen molar-refractivity contribution >= 4 is 17.6 Å². The van der Waals surface area contributed by atoms with E-state index in [4.69, 9.17) is 21.1 Å². The predicted octanol–water partition coefficient (Wildman–Crippen LogP) is 1.56. The molecule has 0 saturated heterocycles. The molecule has 6 heteroatoms. The van der Waals surface area contributed by atoms with Crippen molar-refractivity contribution in [3.05, 3.63) is 22.7 Å². The van der Waals surface area contributed by atoms with Gasteiger partial charge in [0.25, 0.3) is 0 Å². The van der Waals surface area contributed by atoms with E-state index < -0.39 is 12.1 Å². The minimum absolute atomic E-state index is 0.198. The topological polar surface area (TPSA) is 65.0 Å². The summed E-state index contributed by atoms with van der Waals surface area (Å²) in [6, 6.07) is 2.94. The average molecular weight is 261 g/mol. The highest BCUT2D eigenvalue weighted by atomic mass is 35.5. The van der Waals surface area contributed by atoms with Gasteiger partial charge in [0, 0.05) is 16.7 Å². The van der Waals surface area contributed by atoms with Crippen LogP contribution in [0.4, 0.5) is 0 Å². The van der Waals surface area contributed by atoms with Crippen LogP contribution in [0.1, 0.15) is 11.7 Å². The Morgan fingerprint density at radius 3 is 2.41 bits per heavy atom. The van der Waals surface area contributed by atoms with E-state index in [1.54, 1.807) is 0 Å². The van der Waals surface area contributed by atoms with Gasteiger partial charge in [-0.1, -0.05) is 11.6 Å². The molecule has 0 bridgehead atoms. The Balaban J connectivity index is 3.30. The number of ether oxygens (including phenoxy) is 3. The lowest BCUT2D eigenvalue weighted by atomic mass is 10.1. The number of carbonyl (C=O) groups is 1. The summed E-state index contributed by atoms with van der Waals surface area (Å²) in [5.41, 5.74) is 0.198. The standard InChI is InChI=1S/C11H13ClO5/c1-15-8-5-6(12)4-7(10(8)16-2)9(13)11(14)17-3/h4-5,9,13H,1-3H3. The number of carbonyl (C=O) groups excluding carboxylic acids is 1. The molecular weight excluding hydrogens is 248 g/mol. The summed E-state index contributed by atoms with van der Waals surface area (Å²) in [6.07, 6.45) is -1.47. The molecule has 1 N–H and O–H groups in total. The third-order valence-corrected chi connectivity index (χ3v) is 2.41. The molecule has 1 atom stereocenters. The zero-order valence-corrected chi connectivity index (χ0v) is 10.4. The first-order chi connectivity index (χ1) is 8.04. The van der Waals surface area contributed by atoms with E-state index in [1.165, 1.54) is 33.5 Å². The summed E-state index contributed by atoms with van der Waals surface area (Å²) in [6.45, 7) is 0. The second kappa shape index (κ2) is 5.75. The van der Waals surface area contributed by atoms with Gasteiger partial charge < -0.3 is 19.3 Å². The molecule has 0 spiro atoms. The van der Waals surface area contributed by atoms with Crippen molar-refractivity contribution in [3.8, 4) is 11.5 Å². The zero-order valence-electron chi connectivity index (χ0n) is 9.69. The van der Waals surface area contributed by atoms with Crippen molar-refractivity contribution in [2.24, 2.45) is 0 Å².